The van der Waals surface area contributed by atoms with Crippen molar-refractivity contribution in [3.63, 3.8) is 0 Å². The van der Waals surface area contributed by atoms with Crippen molar-refractivity contribution >= 4 is 28.2 Å². The van der Waals surface area contributed by atoms with Crippen LogP contribution < -0.4 is 15.8 Å². The van der Waals surface area contributed by atoms with Crippen LogP contribution in [0.3, 0.4) is 0 Å². The van der Waals surface area contributed by atoms with Crippen molar-refractivity contribution in [2.75, 3.05) is 24.7 Å². The summed E-state index contributed by atoms with van der Waals surface area (Å²) in [6, 6.07) is 5.34. The summed E-state index contributed by atoms with van der Waals surface area (Å²) in [6.07, 6.45) is 1.65. The monoisotopic (exact) mass is 261 g/mol. The van der Waals surface area contributed by atoms with Crippen molar-refractivity contribution in [3.8, 4) is 5.75 Å². The van der Waals surface area contributed by atoms with E-state index in [4.69, 9.17) is 15.6 Å². The zero-order valence-corrected chi connectivity index (χ0v) is 10.5. The van der Waals surface area contributed by atoms with E-state index in [-0.39, 0.29) is 13.0 Å². The fourth-order valence-electron chi connectivity index (χ4n) is 1.90. The average Bonchev–Trinajstić information content (AvgIpc) is 2.39. The van der Waals surface area contributed by atoms with Gasteiger partial charge in [-0.1, -0.05) is 0 Å². The normalized spacial score (nSPS) is 10.4. The Morgan fingerprint density at radius 3 is 2.95 bits per heavy atom. The van der Waals surface area contributed by atoms with Crippen molar-refractivity contribution in [2.45, 2.75) is 6.42 Å². The largest absolute Gasteiger partial charge is 0.496 e. The van der Waals surface area contributed by atoms with E-state index in [0.717, 1.165) is 10.8 Å². The van der Waals surface area contributed by atoms with E-state index in [1.54, 1.807) is 25.4 Å². The number of fused-ring (bicyclic) bond motifs is 1. The van der Waals surface area contributed by atoms with Crippen LogP contribution in [0.1, 0.15) is 6.42 Å². The Morgan fingerprint density at radius 1 is 1.47 bits per heavy atom. The van der Waals surface area contributed by atoms with Gasteiger partial charge in [0.05, 0.1) is 18.9 Å². The van der Waals surface area contributed by atoms with E-state index >= 15 is 0 Å². The first kappa shape index (κ1) is 12.9. The van der Waals surface area contributed by atoms with E-state index in [9.17, 15) is 4.79 Å². The number of nitrogen functional groups attached to an aromatic ring is 1. The highest BCUT2D eigenvalue weighted by Gasteiger charge is 2.10. The zero-order valence-electron chi connectivity index (χ0n) is 10.5. The Labute approximate surface area is 110 Å². The minimum absolute atomic E-state index is 0.0158. The van der Waals surface area contributed by atoms with Gasteiger partial charge in [0.15, 0.2) is 0 Å². The van der Waals surface area contributed by atoms with E-state index < -0.39 is 5.97 Å². The summed E-state index contributed by atoms with van der Waals surface area (Å²) in [5.74, 6) is 0.404. The smallest absolute Gasteiger partial charge is 0.305 e. The fourth-order valence-corrected chi connectivity index (χ4v) is 1.90. The van der Waals surface area contributed by atoms with Crippen molar-refractivity contribution < 1.29 is 14.6 Å². The molecule has 4 N–H and O–H groups in total. The number of nitrogens with one attached hydrogen (secondary N) is 1. The van der Waals surface area contributed by atoms with Crippen LogP contribution in [0, 0.1) is 0 Å². The predicted octanol–water partition coefficient (Wildman–Crippen LogP) is 1.71. The number of carboxylic acid groups (broad SMARTS) is 1. The molecule has 1 aromatic heterocycles. The molecule has 0 unspecified atom stereocenters. The number of nitrogens with two attached hydrogens (primary N) is 1. The summed E-state index contributed by atoms with van der Waals surface area (Å²) in [5.41, 5.74) is 6.53. The van der Waals surface area contributed by atoms with Crippen LogP contribution in [0.4, 0.5) is 11.5 Å². The molecular formula is C13H15N3O3. The standard InChI is InChI=1S/C13H15N3O3/c1-19-10-3-2-9(14)12-8(10)4-6-15-13(12)16-7-5-11(17)18/h2-4,6H,5,7,14H2,1H3,(H,15,16)(H,17,18). The molecule has 1 heterocycles. The van der Waals surface area contributed by atoms with E-state index in [2.05, 4.69) is 10.3 Å². The summed E-state index contributed by atoms with van der Waals surface area (Å²) in [4.78, 5) is 14.7. The maximum atomic E-state index is 10.5. The van der Waals surface area contributed by atoms with Gasteiger partial charge >= 0.3 is 5.97 Å². The van der Waals surface area contributed by atoms with Crippen LogP contribution in [0.25, 0.3) is 10.8 Å². The second-order valence-corrected chi connectivity index (χ2v) is 4.01. The number of carbonyl (C=O) groups is 1. The summed E-state index contributed by atoms with van der Waals surface area (Å²) < 4.78 is 5.27. The lowest BCUT2D eigenvalue weighted by atomic mass is 10.1. The Kier molecular flexibility index (Phi) is 3.70. The van der Waals surface area contributed by atoms with E-state index in [1.165, 1.54) is 0 Å². The summed E-state index contributed by atoms with van der Waals surface area (Å²) in [7, 11) is 1.59. The lowest BCUT2D eigenvalue weighted by Gasteiger charge is -2.12. The molecule has 0 fully saturated rings. The lowest BCUT2D eigenvalue weighted by Crippen LogP contribution is -2.09. The molecule has 0 amide bonds. The molecule has 19 heavy (non-hydrogen) atoms. The third-order valence-corrected chi connectivity index (χ3v) is 2.77. The molecular weight excluding hydrogens is 246 g/mol. The third kappa shape index (κ3) is 2.67. The number of anilines is 2. The second-order valence-electron chi connectivity index (χ2n) is 4.01. The van der Waals surface area contributed by atoms with Crippen LogP contribution >= 0.6 is 0 Å². The van der Waals surface area contributed by atoms with Crippen molar-refractivity contribution in [1.82, 2.24) is 4.98 Å². The lowest BCUT2D eigenvalue weighted by molar-refractivity contribution is -0.136. The molecule has 0 aliphatic heterocycles. The number of benzene rings is 1. The van der Waals surface area contributed by atoms with Gasteiger partial charge < -0.3 is 20.9 Å². The van der Waals surface area contributed by atoms with E-state index in [0.29, 0.717) is 17.3 Å². The zero-order chi connectivity index (χ0) is 13.8. The van der Waals surface area contributed by atoms with Crippen molar-refractivity contribution in [3.05, 3.63) is 24.4 Å². The van der Waals surface area contributed by atoms with Gasteiger partial charge in [-0.3, -0.25) is 4.79 Å². The molecule has 0 bridgehead atoms. The maximum absolute atomic E-state index is 10.5. The van der Waals surface area contributed by atoms with Crippen LogP contribution in [0.5, 0.6) is 5.75 Å². The highest BCUT2D eigenvalue weighted by molar-refractivity contribution is 6.03. The Bertz CT molecular complexity index is 613. The van der Waals surface area contributed by atoms with Crippen molar-refractivity contribution in [2.24, 2.45) is 0 Å². The maximum Gasteiger partial charge on any atom is 0.305 e. The third-order valence-electron chi connectivity index (χ3n) is 2.77. The highest BCUT2D eigenvalue weighted by atomic mass is 16.5. The molecule has 2 rings (SSSR count). The number of pyridine rings is 1. The van der Waals surface area contributed by atoms with Gasteiger partial charge in [0.2, 0.25) is 0 Å². The van der Waals surface area contributed by atoms with Gasteiger partial charge in [-0.25, -0.2) is 4.98 Å². The number of hydrogen-bond acceptors (Lipinski definition) is 5. The van der Waals surface area contributed by atoms with Gasteiger partial charge in [0.1, 0.15) is 11.6 Å². The number of carboxylic acids is 1. The molecule has 0 saturated carbocycles. The predicted molar refractivity (Wildman–Crippen MR) is 73.4 cm³/mol. The summed E-state index contributed by atoms with van der Waals surface area (Å²) >= 11 is 0. The Hall–Kier alpha value is -2.50. The second kappa shape index (κ2) is 5.43. The van der Waals surface area contributed by atoms with Crippen LogP contribution in [-0.2, 0) is 4.79 Å². The molecule has 0 atom stereocenters. The van der Waals surface area contributed by atoms with Crippen LogP contribution in [-0.4, -0.2) is 29.7 Å². The van der Waals surface area contributed by atoms with Gasteiger partial charge in [-0.05, 0) is 18.2 Å². The number of aromatic nitrogens is 1. The van der Waals surface area contributed by atoms with Crippen LogP contribution in [0.2, 0.25) is 0 Å². The topological polar surface area (TPSA) is 97.5 Å². The molecule has 0 aliphatic rings. The van der Waals surface area contributed by atoms with E-state index in [1.807, 2.05) is 6.07 Å². The summed E-state index contributed by atoms with van der Waals surface area (Å²) in [6.45, 7) is 0.290. The Balaban J connectivity index is 2.41. The number of methoxy groups -OCH3 is 1. The average molecular weight is 261 g/mol. The molecule has 100 valence electrons. The number of hydrogen-bond donors (Lipinski definition) is 3. The minimum Gasteiger partial charge on any atom is -0.496 e. The highest BCUT2D eigenvalue weighted by Crippen LogP contribution is 2.33. The molecule has 6 nitrogen and oxygen atoms in total. The first-order valence-corrected chi connectivity index (χ1v) is 5.80. The van der Waals surface area contributed by atoms with Gasteiger partial charge in [-0.15, -0.1) is 0 Å². The molecule has 6 heteroatoms. The molecule has 0 spiro atoms. The van der Waals surface area contributed by atoms with Crippen LogP contribution in [0.15, 0.2) is 24.4 Å². The number of ether oxygens (including phenoxy) is 1. The number of rotatable bonds is 5. The van der Waals surface area contributed by atoms with Gasteiger partial charge in [0.25, 0.3) is 0 Å². The minimum atomic E-state index is -0.863. The number of nitrogens with zero attached hydrogens (tertiary/aromatic N) is 1. The van der Waals surface area contributed by atoms with Crippen molar-refractivity contribution in [1.29, 1.82) is 0 Å². The molecule has 1 aromatic carbocycles. The molecule has 0 saturated heterocycles. The summed E-state index contributed by atoms with van der Waals surface area (Å²) in [5, 5.41) is 13.2. The first-order valence-electron chi connectivity index (χ1n) is 5.80. The first-order chi connectivity index (χ1) is 9.13. The molecule has 0 radical (unpaired) electrons. The molecule has 2 aromatic rings. The van der Waals surface area contributed by atoms with Gasteiger partial charge in [-0.2, -0.15) is 0 Å². The number of aliphatic carboxylic acids is 1. The SMILES string of the molecule is COc1ccc(N)c2c(NCCC(=O)O)nccc12. The Morgan fingerprint density at radius 2 is 2.26 bits per heavy atom. The fraction of sp³-hybridized carbons (Fsp3) is 0.231. The van der Waals surface area contributed by atoms with Gasteiger partial charge in [0, 0.05) is 23.8 Å². The quantitative estimate of drug-likeness (QED) is 0.709. The molecule has 0 aliphatic carbocycles.